The van der Waals surface area contributed by atoms with Crippen LogP contribution in [0.1, 0.15) is 5.69 Å². The molecule has 0 atom stereocenters. The molecule has 0 aromatic carbocycles. The summed E-state index contributed by atoms with van der Waals surface area (Å²) in [6.07, 6.45) is 0. The van der Waals surface area contributed by atoms with Crippen molar-refractivity contribution in [2.24, 2.45) is 0 Å². The van der Waals surface area contributed by atoms with Crippen molar-refractivity contribution in [3.8, 4) is 0 Å². The van der Waals surface area contributed by atoms with Gasteiger partial charge in [-0.05, 0) is 12.1 Å². The monoisotopic (exact) mass is 231 g/mol. The molecule has 1 aromatic heterocycles. The Morgan fingerprint density at radius 3 is 2.79 bits per heavy atom. The largest absolute Gasteiger partial charge is 0.305 e. The van der Waals surface area contributed by atoms with Crippen LogP contribution in [-0.2, 0) is 4.79 Å². The first-order chi connectivity index (χ1) is 6.77. The molecule has 1 fully saturated rings. The molecule has 1 saturated heterocycles. The van der Waals surface area contributed by atoms with Crippen molar-refractivity contribution in [1.82, 2.24) is 10.3 Å². The van der Waals surface area contributed by atoms with Gasteiger partial charge in [0.15, 0.2) is 5.82 Å². The quantitative estimate of drug-likeness (QED) is 0.822. The lowest BCUT2D eigenvalue weighted by Crippen LogP contribution is -2.21. The molecule has 0 saturated carbocycles. The third kappa shape index (κ3) is 2.03. The molecule has 1 aliphatic rings. The standard InChI is InChI=1S/C7H9N3O2S2/c1-4-5(10-12-9-4)8-6(11)7-13-2-3-14-7/h7H,2-3H2,1H3,(H,8,10,11). The number of nitrogens with zero attached hydrogens (tertiary/aromatic N) is 2. The van der Waals surface area contributed by atoms with Crippen molar-refractivity contribution in [1.29, 1.82) is 0 Å². The van der Waals surface area contributed by atoms with Gasteiger partial charge in [-0.1, -0.05) is 5.16 Å². The van der Waals surface area contributed by atoms with Gasteiger partial charge in [0.1, 0.15) is 10.3 Å². The SMILES string of the molecule is Cc1nonc1NC(=O)C1SCCS1. The molecule has 0 unspecified atom stereocenters. The zero-order chi connectivity index (χ0) is 9.97. The van der Waals surface area contributed by atoms with E-state index in [1.54, 1.807) is 30.4 Å². The minimum Gasteiger partial charge on any atom is -0.305 e. The van der Waals surface area contributed by atoms with Crippen LogP contribution < -0.4 is 5.32 Å². The Labute approximate surface area is 89.3 Å². The average molecular weight is 231 g/mol. The number of aromatic nitrogens is 2. The molecule has 1 aliphatic heterocycles. The number of rotatable bonds is 2. The van der Waals surface area contributed by atoms with Gasteiger partial charge in [-0.15, -0.1) is 23.5 Å². The molecule has 1 N–H and O–H groups in total. The summed E-state index contributed by atoms with van der Waals surface area (Å²) < 4.78 is 4.46. The van der Waals surface area contributed by atoms with Crippen LogP contribution in [0, 0.1) is 6.92 Å². The molecule has 76 valence electrons. The molecular formula is C7H9N3O2S2. The fourth-order valence-corrected chi connectivity index (χ4v) is 3.61. The van der Waals surface area contributed by atoms with Gasteiger partial charge in [0, 0.05) is 11.5 Å². The lowest BCUT2D eigenvalue weighted by Gasteiger charge is -2.06. The topological polar surface area (TPSA) is 68.0 Å². The van der Waals surface area contributed by atoms with E-state index in [1.165, 1.54) is 0 Å². The van der Waals surface area contributed by atoms with Crippen molar-refractivity contribution in [3.63, 3.8) is 0 Å². The first-order valence-corrected chi connectivity index (χ1v) is 6.20. The minimum absolute atomic E-state index is 0.0221. The van der Waals surface area contributed by atoms with E-state index in [1.807, 2.05) is 0 Å². The molecular weight excluding hydrogens is 222 g/mol. The predicted molar refractivity (Wildman–Crippen MR) is 56.4 cm³/mol. The number of thioether (sulfide) groups is 2. The summed E-state index contributed by atoms with van der Waals surface area (Å²) in [4.78, 5) is 11.6. The third-order valence-electron chi connectivity index (χ3n) is 1.73. The summed E-state index contributed by atoms with van der Waals surface area (Å²) in [6, 6.07) is 0. The van der Waals surface area contributed by atoms with Gasteiger partial charge in [-0.3, -0.25) is 4.79 Å². The van der Waals surface area contributed by atoms with Crippen LogP contribution in [0.3, 0.4) is 0 Å². The van der Waals surface area contributed by atoms with E-state index in [4.69, 9.17) is 0 Å². The van der Waals surface area contributed by atoms with Crippen molar-refractivity contribution in [2.75, 3.05) is 16.8 Å². The Hall–Kier alpha value is -0.690. The Kier molecular flexibility index (Phi) is 2.97. The van der Waals surface area contributed by atoms with Gasteiger partial charge in [0.25, 0.3) is 0 Å². The summed E-state index contributed by atoms with van der Waals surface area (Å²) in [7, 11) is 0. The van der Waals surface area contributed by atoms with Gasteiger partial charge >= 0.3 is 0 Å². The van der Waals surface area contributed by atoms with Crippen LogP contribution in [-0.4, -0.2) is 32.3 Å². The number of aryl methyl sites for hydroxylation is 1. The van der Waals surface area contributed by atoms with Gasteiger partial charge in [-0.2, -0.15) is 0 Å². The molecule has 14 heavy (non-hydrogen) atoms. The number of hydrogen-bond acceptors (Lipinski definition) is 6. The highest BCUT2D eigenvalue weighted by Crippen LogP contribution is 2.32. The van der Waals surface area contributed by atoms with Gasteiger partial charge in [0.05, 0.1) is 0 Å². The Bertz CT molecular complexity index is 335. The van der Waals surface area contributed by atoms with E-state index in [0.717, 1.165) is 11.5 Å². The molecule has 1 aromatic rings. The molecule has 0 bridgehead atoms. The maximum atomic E-state index is 11.6. The molecule has 5 nitrogen and oxygen atoms in total. The van der Waals surface area contributed by atoms with Crippen molar-refractivity contribution < 1.29 is 9.42 Å². The van der Waals surface area contributed by atoms with Crippen LogP contribution in [0.25, 0.3) is 0 Å². The molecule has 2 heterocycles. The van der Waals surface area contributed by atoms with Gasteiger partial charge in [-0.25, -0.2) is 4.63 Å². The minimum atomic E-state index is -0.0312. The number of carbonyl (C=O) groups excluding carboxylic acids is 1. The second-order valence-corrected chi connectivity index (χ2v) is 5.49. The smallest absolute Gasteiger partial charge is 0.248 e. The summed E-state index contributed by atoms with van der Waals surface area (Å²) in [5.74, 6) is 2.44. The Morgan fingerprint density at radius 1 is 1.50 bits per heavy atom. The van der Waals surface area contributed by atoms with Crippen LogP contribution in [0.15, 0.2) is 4.63 Å². The predicted octanol–water partition coefficient (Wildman–Crippen LogP) is 1.12. The number of anilines is 1. The first kappa shape index (κ1) is 9.85. The highest BCUT2D eigenvalue weighted by Gasteiger charge is 2.25. The van der Waals surface area contributed by atoms with Gasteiger partial charge < -0.3 is 5.32 Å². The van der Waals surface area contributed by atoms with E-state index >= 15 is 0 Å². The zero-order valence-electron chi connectivity index (χ0n) is 7.52. The van der Waals surface area contributed by atoms with Crippen molar-refractivity contribution >= 4 is 35.2 Å². The van der Waals surface area contributed by atoms with E-state index in [9.17, 15) is 4.79 Å². The third-order valence-corrected chi connectivity index (χ3v) is 4.72. The van der Waals surface area contributed by atoms with Crippen LogP contribution in [0.2, 0.25) is 0 Å². The first-order valence-electron chi connectivity index (χ1n) is 4.10. The Balaban J connectivity index is 1.97. The van der Waals surface area contributed by atoms with Crippen molar-refractivity contribution in [2.45, 2.75) is 11.5 Å². The van der Waals surface area contributed by atoms with E-state index in [-0.39, 0.29) is 10.5 Å². The molecule has 7 heteroatoms. The number of carbonyl (C=O) groups is 1. The Morgan fingerprint density at radius 2 is 2.21 bits per heavy atom. The van der Waals surface area contributed by atoms with E-state index in [0.29, 0.717) is 11.5 Å². The average Bonchev–Trinajstić information content (AvgIpc) is 2.77. The summed E-state index contributed by atoms with van der Waals surface area (Å²) in [6.45, 7) is 1.74. The lowest BCUT2D eigenvalue weighted by atomic mass is 10.5. The van der Waals surface area contributed by atoms with Crippen molar-refractivity contribution in [3.05, 3.63) is 5.69 Å². The lowest BCUT2D eigenvalue weighted by molar-refractivity contribution is -0.114. The maximum Gasteiger partial charge on any atom is 0.248 e. The van der Waals surface area contributed by atoms with Crippen LogP contribution in [0.5, 0.6) is 0 Å². The summed E-state index contributed by atoms with van der Waals surface area (Å²) in [5.41, 5.74) is 0.603. The fourth-order valence-electron chi connectivity index (χ4n) is 1.03. The number of nitrogens with one attached hydrogen (secondary N) is 1. The molecule has 0 aliphatic carbocycles. The number of amides is 1. The zero-order valence-corrected chi connectivity index (χ0v) is 9.15. The highest BCUT2D eigenvalue weighted by atomic mass is 32.2. The summed E-state index contributed by atoms with van der Waals surface area (Å²) >= 11 is 3.30. The van der Waals surface area contributed by atoms with E-state index < -0.39 is 0 Å². The highest BCUT2D eigenvalue weighted by molar-refractivity contribution is 8.21. The van der Waals surface area contributed by atoms with Crippen LogP contribution >= 0.6 is 23.5 Å². The van der Waals surface area contributed by atoms with E-state index in [2.05, 4.69) is 20.3 Å². The van der Waals surface area contributed by atoms with Crippen LogP contribution in [0.4, 0.5) is 5.82 Å². The fraction of sp³-hybridized carbons (Fsp3) is 0.571. The normalized spacial score (nSPS) is 17.2. The molecule has 1 amide bonds. The number of hydrogen-bond donors (Lipinski definition) is 1. The van der Waals surface area contributed by atoms with Gasteiger partial charge in [0.2, 0.25) is 5.91 Å². The second kappa shape index (κ2) is 4.22. The molecule has 2 rings (SSSR count). The maximum absolute atomic E-state index is 11.6. The summed E-state index contributed by atoms with van der Waals surface area (Å²) in [5, 5.41) is 9.86. The molecule has 0 spiro atoms. The second-order valence-electron chi connectivity index (χ2n) is 2.76. The molecule has 0 radical (unpaired) electrons.